The lowest BCUT2D eigenvalue weighted by Gasteiger charge is -2.20. The molecular formula is C24H31N3O4S2. The van der Waals surface area contributed by atoms with Crippen LogP contribution in [0, 0.1) is 0 Å². The molecule has 33 heavy (non-hydrogen) atoms. The van der Waals surface area contributed by atoms with E-state index in [1.165, 1.54) is 39.9 Å². The summed E-state index contributed by atoms with van der Waals surface area (Å²) in [5.74, 6) is 0.351. The third-order valence-electron chi connectivity index (χ3n) is 5.33. The summed E-state index contributed by atoms with van der Waals surface area (Å²) in [4.78, 5) is 18.0. The third-order valence-corrected chi connectivity index (χ3v) is 8.36. The number of hydrogen-bond donors (Lipinski definition) is 0. The fraction of sp³-hybridized carbons (Fsp3) is 0.417. The molecule has 2 aromatic carbocycles. The van der Waals surface area contributed by atoms with E-state index < -0.39 is 15.9 Å². The molecule has 7 nitrogen and oxygen atoms in total. The van der Waals surface area contributed by atoms with Crippen LogP contribution in [-0.2, 0) is 16.6 Å². The summed E-state index contributed by atoms with van der Waals surface area (Å²) < 4.78 is 36.0. The zero-order valence-corrected chi connectivity index (χ0v) is 21.2. The second-order valence-electron chi connectivity index (χ2n) is 7.46. The number of para-hydroxylation sites is 1. The molecule has 0 aliphatic carbocycles. The van der Waals surface area contributed by atoms with E-state index in [1.54, 1.807) is 0 Å². The second kappa shape index (κ2) is 11.1. The molecule has 0 radical (unpaired) electrons. The number of aromatic nitrogens is 1. The van der Waals surface area contributed by atoms with Crippen LogP contribution in [-0.4, -0.2) is 42.9 Å². The van der Waals surface area contributed by atoms with E-state index in [1.807, 2.05) is 50.5 Å². The fourth-order valence-corrected chi connectivity index (χ4v) is 6.20. The summed E-state index contributed by atoms with van der Waals surface area (Å²) in [5, 5.41) is 0. The van der Waals surface area contributed by atoms with Crippen molar-refractivity contribution < 1.29 is 17.9 Å². The lowest BCUT2D eigenvalue weighted by Crippen LogP contribution is -2.31. The van der Waals surface area contributed by atoms with Crippen molar-refractivity contribution in [3.05, 3.63) is 52.8 Å². The number of unbranched alkanes of at least 4 members (excludes halogenated alkanes) is 1. The molecule has 3 aromatic rings. The van der Waals surface area contributed by atoms with Crippen LogP contribution >= 0.6 is 11.3 Å². The molecule has 9 heteroatoms. The predicted octanol–water partition coefficient (Wildman–Crippen LogP) is 4.67. The normalized spacial score (nSPS) is 12.6. The van der Waals surface area contributed by atoms with E-state index in [-0.39, 0.29) is 4.90 Å². The van der Waals surface area contributed by atoms with Crippen molar-refractivity contribution >= 4 is 37.5 Å². The Balaban J connectivity index is 1.94. The van der Waals surface area contributed by atoms with Gasteiger partial charge >= 0.3 is 0 Å². The van der Waals surface area contributed by atoms with Crippen molar-refractivity contribution in [3.8, 4) is 5.75 Å². The minimum absolute atomic E-state index is 0.184. The maximum Gasteiger partial charge on any atom is 0.279 e. The molecule has 0 saturated heterocycles. The number of fused-ring (bicyclic) bond motifs is 1. The molecular weight excluding hydrogens is 458 g/mol. The Morgan fingerprint density at radius 2 is 1.82 bits per heavy atom. The zero-order chi connectivity index (χ0) is 24.0. The van der Waals surface area contributed by atoms with Crippen LogP contribution in [0.25, 0.3) is 10.2 Å². The Kier molecular flexibility index (Phi) is 8.45. The van der Waals surface area contributed by atoms with Crippen LogP contribution < -0.4 is 9.54 Å². The van der Waals surface area contributed by atoms with Gasteiger partial charge in [-0.05, 0) is 56.7 Å². The van der Waals surface area contributed by atoms with Crippen molar-refractivity contribution in [2.45, 2.75) is 52.0 Å². The summed E-state index contributed by atoms with van der Waals surface area (Å²) in [6.07, 6.45) is 1.72. The standard InChI is InChI=1S/C24H31N3O4S2/c1-5-9-17-26(6-2)33(29,30)19-15-13-18(14-16-19)23(28)25-24-27(7-3)22-20(31-8-4)11-10-12-21(22)32-24/h10-16H,5-9,17H2,1-4H3. The molecule has 0 saturated carbocycles. The monoisotopic (exact) mass is 489 g/mol. The zero-order valence-electron chi connectivity index (χ0n) is 19.6. The van der Waals surface area contributed by atoms with E-state index in [9.17, 15) is 13.2 Å². The minimum Gasteiger partial charge on any atom is -0.492 e. The Labute approximate surface area is 199 Å². The van der Waals surface area contributed by atoms with E-state index in [2.05, 4.69) is 4.99 Å². The number of carbonyl (C=O) groups is 1. The summed E-state index contributed by atoms with van der Waals surface area (Å²) >= 11 is 1.43. The SMILES string of the molecule is CCCCN(CC)S(=O)(=O)c1ccc(C(=O)N=c2sc3cccc(OCC)c3n2CC)cc1. The smallest absolute Gasteiger partial charge is 0.279 e. The summed E-state index contributed by atoms with van der Waals surface area (Å²) in [6, 6.07) is 11.8. The second-order valence-corrected chi connectivity index (χ2v) is 10.4. The van der Waals surface area contributed by atoms with Gasteiger partial charge in [-0.15, -0.1) is 0 Å². The van der Waals surface area contributed by atoms with Gasteiger partial charge in [0.15, 0.2) is 4.80 Å². The minimum atomic E-state index is -3.59. The lowest BCUT2D eigenvalue weighted by molar-refractivity contribution is 0.0997. The largest absolute Gasteiger partial charge is 0.492 e. The van der Waals surface area contributed by atoms with E-state index in [0.29, 0.717) is 36.6 Å². The molecule has 0 spiro atoms. The topological polar surface area (TPSA) is 81.0 Å². The van der Waals surface area contributed by atoms with E-state index in [0.717, 1.165) is 28.8 Å². The number of hydrogen-bond acceptors (Lipinski definition) is 5. The van der Waals surface area contributed by atoms with Gasteiger partial charge in [0, 0.05) is 25.2 Å². The number of thiazole rings is 1. The van der Waals surface area contributed by atoms with E-state index in [4.69, 9.17) is 4.74 Å². The van der Waals surface area contributed by atoms with Crippen molar-refractivity contribution in [1.82, 2.24) is 8.87 Å². The molecule has 1 amide bonds. The van der Waals surface area contributed by atoms with Gasteiger partial charge in [0.2, 0.25) is 10.0 Å². The number of nitrogens with zero attached hydrogens (tertiary/aromatic N) is 3. The van der Waals surface area contributed by atoms with Crippen molar-refractivity contribution in [2.24, 2.45) is 4.99 Å². The highest BCUT2D eigenvalue weighted by Gasteiger charge is 2.22. The molecule has 0 unspecified atom stereocenters. The molecule has 0 fully saturated rings. The number of rotatable bonds is 10. The molecule has 0 N–H and O–H groups in total. The first-order chi connectivity index (χ1) is 15.9. The molecule has 0 atom stereocenters. The van der Waals surface area contributed by atoms with Gasteiger partial charge < -0.3 is 9.30 Å². The number of ether oxygens (including phenoxy) is 1. The van der Waals surface area contributed by atoms with Gasteiger partial charge in [0.1, 0.15) is 11.3 Å². The van der Waals surface area contributed by atoms with Crippen LogP contribution in [0.4, 0.5) is 0 Å². The maximum absolute atomic E-state index is 12.9. The molecule has 0 aliphatic heterocycles. The van der Waals surface area contributed by atoms with E-state index >= 15 is 0 Å². The van der Waals surface area contributed by atoms with Crippen molar-refractivity contribution in [3.63, 3.8) is 0 Å². The number of sulfonamides is 1. The van der Waals surface area contributed by atoms with Crippen molar-refractivity contribution in [1.29, 1.82) is 0 Å². The number of amides is 1. The van der Waals surface area contributed by atoms with Crippen LogP contribution in [0.3, 0.4) is 0 Å². The first kappa shape index (κ1) is 25.1. The molecule has 1 heterocycles. The highest BCUT2D eigenvalue weighted by atomic mass is 32.2. The van der Waals surface area contributed by atoms with Crippen molar-refractivity contribution in [2.75, 3.05) is 19.7 Å². The number of aryl methyl sites for hydroxylation is 1. The van der Waals surface area contributed by atoms with Crippen LogP contribution in [0.15, 0.2) is 52.4 Å². The van der Waals surface area contributed by atoms with Gasteiger partial charge in [0.05, 0.1) is 16.2 Å². The number of benzene rings is 2. The first-order valence-corrected chi connectivity index (χ1v) is 13.6. The van der Waals surface area contributed by atoms with Gasteiger partial charge in [-0.2, -0.15) is 9.30 Å². The molecule has 0 bridgehead atoms. The first-order valence-electron chi connectivity index (χ1n) is 11.3. The Bertz CT molecular complexity index is 1280. The Hall–Kier alpha value is -2.49. The Morgan fingerprint density at radius 3 is 2.42 bits per heavy atom. The Morgan fingerprint density at radius 1 is 1.09 bits per heavy atom. The summed E-state index contributed by atoms with van der Waals surface area (Å²) in [6.45, 7) is 9.86. The molecule has 178 valence electrons. The molecule has 0 aliphatic rings. The lowest BCUT2D eigenvalue weighted by atomic mass is 10.2. The molecule has 1 aromatic heterocycles. The van der Waals surface area contributed by atoms with Crippen LogP contribution in [0.2, 0.25) is 0 Å². The fourth-order valence-electron chi connectivity index (χ4n) is 3.60. The maximum atomic E-state index is 12.9. The third kappa shape index (κ3) is 5.37. The highest BCUT2D eigenvalue weighted by molar-refractivity contribution is 7.89. The van der Waals surface area contributed by atoms with Gasteiger partial charge in [0.25, 0.3) is 5.91 Å². The highest BCUT2D eigenvalue weighted by Crippen LogP contribution is 2.27. The quantitative estimate of drug-likeness (QED) is 0.414. The molecule has 3 rings (SSSR count). The average molecular weight is 490 g/mol. The summed E-state index contributed by atoms with van der Waals surface area (Å²) in [5.41, 5.74) is 1.27. The predicted molar refractivity (Wildman–Crippen MR) is 132 cm³/mol. The number of carbonyl (C=O) groups excluding carboxylic acids is 1. The van der Waals surface area contributed by atoms with Gasteiger partial charge in [-0.3, -0.25) is 4.79 Å². The van der Waals surface area contributed by atoms with Crippen LogP contribution in [0.1, 0.15) is 50.9 Å². The van der Waals surface area contributed by atoms with Gasteiger partial charge in [-0.25, -0.2) is 8.42 Å². The van der Waals surface area contributed by atoms with Gasteiger partial charge in [-0.1, -0.05) is 37.7 Å². The summed E-state index contributed by atoms with van der Waals surface area (Å²) in [7, 11) is -3.59. The van der Waals surface area contributed by atoms with Crippen LogP contribution in [0.5, 0.6) is 5.75 Å². The average Bonchev–Trinajstić information content (AvgIpc) is 3.17.